The average Bonchev–Trinajstić information content (AvgIpc) is 2.08. The average molecular weight is 218 g/mol. The van der Waals surface area contributed by atoms with Crippen molar-refractivity contribution in [3.63, 3.8) is 0 Å². The van der Waals surface area contributed by atoms with Gasteiger partial charge in [-0.2, -0.15) is 0 Å². The zero-order valence-corrected chi connectivity index (χ0v) is 8.30. The lowest BCUT2D eigenvalue weighted by Gasteiger charge is -1.92. The molecule has 3 heteroatoms. The van der Waals surface area contributed by atoms with Crippen molar-refractivity contribution in [2.45, 2.75) is 20.5 Å². The first-order chi connectivity index (χ1) is 5.33. The summed E-state index contributed by atoms with van der Waals surface area (Å²) in [6, 6.07) is 5.42. The van der Waals surface area contributed by atoms with E-state index in [1.165, 1.54) is 0 Å². The van der Waals surface area contributed by atoms with Gasteiger partial charge in [-0.05, 0) is 28.1 Å². The highest BCUT2D eigenvalue weighted by Crippen LogP contribution is 2.05. The Labute approximate surface area is 75.4 Å². The van der Waals surface area contributed by atoms with E-state index in [-0.39, 0.29) is 6.61 Å². The van der Waals surface area contributed by atoms with Crippen molar-refractivity contribution < 1.29 is 5.11 Å². The van der Waals surface area contributed by atoms with Crippen molar-refractivity contribution in [2.24, 2.45) is 0 Å². The molecule has 0 aliphatic carbocycles. The number of aliphatic hydroxyl groups excluding tert-OH is 1. The number of aliphatic hydroxyl groups is 1. The minimum absolute atomic E-state index is 0.000556. The molecule has 0 aliphatic heterocycles. The molecular formula is C8H12BrNO. The van der Waals surface area contributed by atoms with Crippen molar-refractivity contribution in [2.75, 3.05) is 0 Å². The van der Waals surface area contributed by atoms with Crippen LogP contribution in [-0.2, 0) is 6.61 Å². The van der Waals surface area contributed by atoms with Gasteiger partial charge in [-0.15, -0.1) is 0 Å². The summed E-state index contributed by atoms with van der Waals surface area (Å²) in [6.07, 6.45) is 0. The molecule has 1 rings (SSSR count). The first kappa shape index (κ1) is 10.6. The first-order valence-corrected chi connectivity index (χ1v) is 4.34. The summed E-state index contributed by atoms with van der Waals surface area (Å²) in [5.41, 5.74) is 0.685. The lowest BCUT2D eigenvalue weighted by molar-refractivity contribution is 0.276. The largest absolute Gasteiger partial charge is 0.390 e. The molecule has 1 aromatic heterocycles. The van der Waals surface area contributed by atoms with E-state index in [0.717, 1.165) is 4.60 Å². The van der Waals surface area contributed by atoms with Gasteiger partial charge in [0.05, 0.1) is 12.3 Å². The molecule has 0 atom stereocenters. The van der Waals surface area contributed by atoms with Gasteiger partial charge >= 0.3 is 0 Å². The molecule has 0 unspecified atom stereocenters. The minimum Gasteiger partial charge on any atom is -0.390 e. The van der Waals surface area contributed by atoms with Gasteiger partial charge in [0.2, 0.25) is 0 Å². The van der Waals surface area contributed by atoms with E-state index in [4.69, 9.17) is 5.11 Å². The maximum atomic E-state index is 8.58. The second-order valence-electron chi connectivity index (χ2n) is 1.61. The third kappa shape index (κ3) is 4.11. The Hall–Kier alpha value is -0.410. The quantitative estimate of drug-likeness (QED) is 0.734. The van der Waals surface area contributed by atoms with Gasteiger partial charge in [-0.1, -0.05) is 19.9 Å². The topological polar surface area (TPSA) is 33.1 Å². The maximum absolute atomic E-state index is 8.58. The Morgan fingerprint density at radius 1 is 1.45 bits per heavy atom. The van der Waals surface area contributed by atoms with Crippen LogP contribution in [0.4, 0.5) is 0 Å². The fourth-order valence-electron chi connectivity index (χ4n) is 0.538. The fraction of sp³-hybridized carbons (Fsp3) is 0.375. The number of nitrogens with zero attached hydrogens (tertiary/aromatic N) is 1. The molecule has 0 saturated carbocycles. The summed E-state index contributed by atoms with van der Waals surface area (Å²) in [4.78, 5) is 3.96. The van der Waals surface area contributed by atoms with E-state index in [1.54, 1.807) is 6.07 Å². The monoisotopic (exact) mass is 217 g/mol. The number of halogens is 1. The Bertz CT molecular complexity index is 203. The van der Waals surface area contributed by atoms with Crippen LogP contribution in [0.1, 0.15) is 19.5 Å². The molecule has 0 radical (unpaired) electrons. The SMILES string of the molecule is CC.OCc1cccc(Br)n1. The smallest absolute Gasteiger partial charge is 0.106 e. The highest BCUT2D eigenvalue weighted by molar-refractivity contribution is 9.10. The van der Waals surface area contributed by atoms with Gasteiger partial charge in [-0.25, -0.2) is 4.98 Å². The van der Waals surface area contributed by atoms with Crippen LogP contribution in [0.2, 0.25) is 0 Å². The second-order valence-corrected chi connectivity index (χ2v) is 2.42. The molecular weight excluding hydrogens is 206 g/mol. The maximum Gasteiger partial charge on any atom is 0.106 e. The normalized spacial score (nSPS) is 8.36. The van der Waals surface area contributed by atoms with E-state index < -0.39 is 0 Å². The number of hydrogen-bond acceptors (Lipinski definition) is 2. The van der Waals surface area contributed by atoms with E-state index in [2.05, 4.69) is 20.9 Å². The Balaban J connectivity index is 0.000000461. The highest BCUT2D eigenvalue weighted by atomic mass is 79.9. The van der Waals surface area contributed by atoms with Gasteiger partial charge in [0, 0.05) is 0 Å². The van der Waals surface area contributed by atoms with Crippen LogP contribution in [0.3, 0.4) is 0 Å². The van der Waals surface area contributed by atoms with Crippen molar-refractivity contribution in [3.05, 3.63) is 28.5 Å². The molecule has 1 heterocycles. The van der Waals surface area contributed by atoms with Gasteiger partial charge in [0.1, 0.15) is 4.60 Å². The van der Waals surface area contributed by atoms with E-state index in [1.807, 2.05) is 26.0 Å². The van der Waals surface area contributed by atoms with Gasteiger partial charge in [0.15, 0.2) is 0 Å². The molecule has 0 fully saturated rings. The molecule has 62 valence electrons. The molecule has 0 spiro atoms. The van der Waals surface area contributed by atoms with Gasteiger partial charge in [0.25, 0.3) is 0 Å². The summed E-state index contributed by atoms with van der Waals surface area (Å²) < 4.78 is 0.758. The Morgan fingerprint density at radius 2 is 2.09 bits per heavy atom. The summed E-state index contributed by atoms with van der Waals surface area (Å²) in [5.74, 6) is 0. The third-order valence-corrected chi connectivity index (χ3v) is 1.38. The lowest BCUT2D eigenvalue weighted by atomic mass is 10.4. The van der Waals surface area contributed by atoms with Crippen LogP contribution < -0.4 is 0 Å². The van der Waals surface area contributed by atoms with Gasteiger partial charge in [-0.3, -0.25) is 0 Å². The number of rotatable bonds is 1. The summed E-state index contributed by atoms with van der Waals surface area (Å²) in [6.45, 7) is 4.00. The zero-order valence-electron chi connectivity index (χ0n) is 6.71. The highest BCUT2D eigenvalue weighted by Gasteiger charge is 1.89. The molecule has 0 saturated heterocycles. The molecule has 1 aromatic rings. The Morgan fingerprint density at radius 3 is 2.45 bits per heavy atom. The first-order valence-electron chi connectivity index (χ1n) is 3.55. The molecule has 1 N–H and O–H groups in total. The van der Waals surface area contributed by atoms with Crippen LogP contribution in [-0.4, -0.2) is 10.1 Å². The van der Waals surface area contributed by atoms with Crippen molar-refractivity contribution in [1.29, 1.82) is 0 Å². The molecule has 11 heavy (non-hydrogen) atoms. The molecule has 0 amide bonds. The predicted molar refractivity (Wildman–Crippen MR) is 49.2 cm³/mol. The zero-order chi connectivity index (χ0) is 8.69. The fourth-order valence-corrected chi connectivity index (χ4v) is 0.919. The van der Waals surface area contributed by atoms with Crippen molar-refractivity contribution in [1.82, 2.24) is 4.98 Å². The summed E-state index contributed by atoms with van der Waals surface area (Å²) in [5, 5.41) is 8.58. The van der Waals surface area contributed by atoms with Crippen LogP contribution in [0.15, 0.2) is 22.8 Å². The van der Waals surface area contributed by atoms with Crippen molar-refractivity contribution in [3.8, 4) is 0 Å². The van der Waals surface area contributed by atoms with Gasteiger partial charge < -0.3 is 5.11 Å². The molecule has 0 aromatic carbocycles. The molecule has 0 aliphatic rings. The molecule has 0 bridgehead atoms. The summed E-state index contributed by atoms with van der Waals surface area (Å²) in [7, 11) is 0. The van der Waals surface area contributed by atoms with Crippen LogP contribution >= 0.6 is 15.9 Å². The minimum atomic E-state index is -0.000556. The van der Waals surface area contributed by atoms with Crippen LogP contribution in [0.25, 0.3) is 0 Å². The lowest BCUT2D eigenvalue weighted by Crippen LogP contribution is -1.86. The molecule has 2 nitrogen and oxygen atoms in total. The van der Waals surface area contributed by atoms with E-state index in [0.29, 0.717) is 5.69 Å². The number of aromatic nitrogens is 1. The van der Waals surface area contributed by atoms with Crippen LogP contribution in [0.5, 0.6) is 0 Å². The van der Waals surface area contributed by atoms with E-state index in [9.17, 15) is 0 Å². The van der Waals surface area contributed by atoms with Crippen LogP contribution in [0, 0.1) is 0 Å². The second kappa shape index (κ2) is 6.31. The van der Waals surface area contributed by atoms with E-state index >= 15 is 0 Å². The summed E-state index contributed by atoms with van der Waals surface area (Å²) >= 11 is 3.18. The standard InChI is InChI=1S/C6H6BrNO.C2H6/c7-6-3-1-2-5(4-9)8-6;1-2/h1-3,9H,4H2;1-2H3. The Kier molecular flexibility index (Phi) is 6.07. The van der Waals surface area contributed by atoms with Crippen molar-refractivity contribution >= 4 is 15.9 Å². The third-order valence-electron chi connectivity index (χ3n) is 0.935. The predicted octanol–water partition coefficient (Wildman–Crippen LogP) is 2.36. The number of hydrogen-bond donors (Lipinski definition) is 1. The number of pyridine rings is 1.